The minimum Gasteiger partial charge on any atom is -0.314 e. The lowest BCUT2D eigenvalue weighted by Crippen LogP contribution is -2.48. The van der Waals surface area contributed by atoms with Crippen LogP contribution in [-0.4, -0.2) is 60.6 Å². The maximum atomic E-state index is 3.72. The monoisotopic (exact) mass is 263 g/mol. The summed E-state index contributed by atoms with van der Waals surface area (Å²) in [6, 6.07) is 2.68. The fourth-order valence-electron chi connectivity index (χ4n) is 5.25. The lowest BCUT2D eigenvalue weighted by atomic mass is 9.87. The Hall–Kier alpha value is -0.120. The average molecular weight is 263 g/mol. The first-order valence-electron chi connectivity index (χ1n) is 8.63. The molecule has 4 aliphatic rings. The van der Waals surface area contributed by atoms with Crippen LogP contribution in [0.15, 0.2) is 0 Å². The van der Waals surface area contributed by atoms with Crippen LogP contribution in [0.2, 0.25) is 0 Å². The van der Waals surface area contributed by atoms with E-state index in [1.165, 1.54) is 77.7 Å². The Morgan fingerprint density at radius 1 is 0.684 bits per heavy atom. The van der Waals surface area contributed by atoms with Crippen molar-refractivity contribution in [3.63, 3.8) is 0 Å². The first-order valence-corrected chi connectivity index (χ1v) is 8.63. The third-order valence-electron chi connectivity index (χ3n) is 6.28. The van der Waals surface area contributed by atoms with Gasteiger partial charge in [0.2, 0.25) is 0 Å². The first kappa shape index (κ1) is 12.6. The molecule has 3 heteroatoms. The van der Waals surface area contributed by atoms with E-state index in [0.29, 0.717) is 0 Å². The summed E-state index contributed by atoms with van der Waals surface area (Å²) in [7, 11) is 0. The van der Waals surface area contributed by atoms with E-state index in [1.807, 2.05) is 0 Å². The number of hydrogen-bond acceptors (Lipinski definition) is 3. The van der Waals surface area contributed by atoms with Gasteiger partial charge in [-0.25, -0.2) is 0 Å². The third-order valence-corrected chi connectivity index (χ3v) is 6.28. The summed E-state index contributed by atoms with van der Waals surface area (Å²) >= 11 is 0. The minimum atomic E-state index is 0.855. The minimum absolute atomic E-state index is 0.855. The highest BCUT2D eigenvalue weighted by Gasteiger charge is 2.41. The number of nitrogens with one attached hydrogen (secondary N) is 1. The molecule has 0 aromatic carbocycles. The highest BCUT2D eigenvalue weighted by Crippen LogP contribution is 2.34. The molecule has 19 heavy (non-hydrogen) atoms. The lowest BCUT2D eigenvalue weighted by Gasteiger charge is -2.40. The Bertz CT molecular complexity index is 305. The third kappa shape index (κ3) is 2.34. The molecule has 4 aliphatic heterocycles. The van der Waals surface area contributed by atoms with E-state index >= 15 is 0 Å². The molecule has 3 unspecified atom stereocenters. The lowest BCUT2D eigenvalue weighted by molar-refractivity contribution is 0.101. The Morgan fingerprint density at radius 2 is 1.42 bits per heavy atom. The summed E-state index contributed by atoms with van der Waals surface area (Å²) in [5.41, 5.74) is 0. The van der Waals surface area contributed by atoms with Gasteiger partial charge >= 0.3 is 0 Å². The number of fused-ring (bicyclic) bond motifs is 1. The Balaban J connectivity index is 1.32. The zero-order chi connectivity index (χ0) is 12.7. The molecule has 0 aromatic heterocycles. The van der Waals surface area contributed by atoms with Crippen molar-refractivity contribution >= 4 is 0 Å². The van der Waals surface area contributed by atoms with Gasteiger partial charge in [0, 0.05) is 24.7 Å². The van der Waals surface area contributed by atoms with Gasteiger partial charge in [0.1, 0.15) is 0 Å². The molecule has 4 rings (SSSR count). The van der Waals surface area contributed by atoms with E-state index in [9.17, 15) is 0 Å². The van der Waals surface area contributed by atoms with Gasteiger partial charge in [0.15, 0.2) is 0 Å². The summed E-state index contributed by atoms with van der Waals surface area (Å²) < 4.78 is 0. The van der Waals surface area contributed by atoms with Crippen molar-refractivity contribution in [2.24, 2.45) is 5.92 Å². The first-order chi connectivity index (χ1) is 9.42. The van der Waals surface area contributed by atoms with Crippen LogP contribution < -0.4 is 5.32 Å². The molecule has 4 fully saturated rings. The molecule has 0 spiro atoms. The second-order valence-corrected chi connectivity index (χ2v) is 7.18. The molecule has 3 atom stereocenters. The Kier molecular flexibility index (Phi) is 3.55. The molecular weight excluding hydrogens is 234 g/mol. The predicted octanol–water partition coefficient (Wildman–Crippen LogP) is 1.69. The smallest absolute Gasteiger partial charge is 0.0263 e. The zero-order valence-corrected chi connectivity index (χ0v) is 12.2. The van der Waals surface area contributed by atoms with E-state index in [1.54, 1.807) is 0 Å². The fraction of sp³-hybridized carbons (Fsp3) is 1.00. The van der Waals surface area contributed by atoms with Crippen LogP contribution in [0.3, 0.4) is 0 Å². The van der Waals surface area contributed by atoms with Crippen LogP contribution in [-0.2, 0) is 0 Å². The van der Waals surface area contributed by atoms with Crippen LogP contribution in [0.1, 0.15) is 44.9 Å². The topological polar surface area (TPSA) is 18.5 Å². The van der Waals surface area contributed by atoms with Crippen LogP contribution in [0.4, 0.5) is 0 Å². The summed E-state index contributed by atoms with van der Waals surface area (Å²) in [5.74, 6) is 0.972. The maximum Gasteiger partial charge on any atom is 0.0263 e. The molecule has 1 N–H and O–H groups in total. The molecule has 4 saturated heterocycles. The highest BCUT2D eigenvalue weighted by atomic mass is 15.3. The van der Waals surface area contributed by atoms with Gasteiger partial charge in [-0.3, -0.25) is 9.80 Å². The van der Waals surface area contributed by atoms with Gasteiger partial charge in [-0.1, -0.05) is 0 Å². The van der Waals surface area contributed by atoms with E-state index in [2.05, 4.69) is 15.1 Å². The molecule has 0 bridgehead atoms. The molecule has 0 aliphatic carbocycles. The molecule has 4 heterocycles. The van der Waals surface area contributed by atoms with Crippen LogP contribution in [0.5, 0.6) is 0 Å². The van der Waals surface area contributed by atoms with Gasteiger partial charge in [-0.15, -0.1) is 0 Å². The quantitative estimate of drug-likeness (QED) is 0.818. The Morgan fingerprint density at radius 3 is 2.21 bits per heavy atom. The normalized spacial score (nSPS) is 42.0. The van der Waals surface area contributed by atoms with E-state index < -0.39 is 0 Å². The molecule has 0 aromatic rings. The molecule has 0 amide bonds. The van der Waals surface area contributed by atoms with Crippen molar-refractivity contribution in [1.29, 1.82) is 0 Å². The maximum absolute atomic E-state index is 3.72. The van der Waals surface area contributed by atoms with Gasteiger partial charge in [0.25, 0.3) is 0 Å². The molecule has 108 valence electrons. The average Bonchev–Trinajstić information content (AvgIpc) is 3.16. The molecule has 0 saturated carbocycles. The second kappa shape index (κ2) is 5.34. The number of likely N-dealkylation sites (tertiary alicyclic amines) is 1. The van der Waals surface area contributed by atoms with Gasteiger partial charge in [-0.05, 0) is 77.0 Å². The Labute approximate surface area is 117 Å². The summed E-state index contributed by atoms with van der Waals surface area (Å²) in [6.45, 7) is 6.77. The van der Waals surface area contributed by atoms with E-state index in [0.717, 1.165) is 24.0 Å². The van der Waals surface area contributed by atoms with Crippen molar-refractivity contribution in [2.75, 3.05) is 32.7 Å². The molecule has 0 radical (unpaired) electrons. The second-order valence-electron chi connectivity index (χ2n) is 7.18. The number of rotatable bonds is 2. The van der Waals surface area contributed by atoms with Gasteiger partial charge < -0.3 is 5.32 Å². The van der Waals surface area contributed by atoms with Crippen molar-refractivity contribution in [1.82, 2.24) is 15.1 Å². The van der Waals surface area contributed by atoms with Crippen molar-refractivity contribution < 1.29 is 0 Å². The number of piperidine rings is 1. The fourth-order valence-corrected chi connectivity index (χ4v) is 5.25. The predicted molar refractivity (Wildman–Crippen MR) is 78.3 cm³/mol. The molecule has 3 nitrogen and oxygen atoms in total. The summed E-state index contributed by atoms with van der Waals surface area (Å²) in [4.78, 5) is 5.61. The van der Waals surface area contributed by atoms with Crippen molar-refractivity contribution in [3.8, 4) is 0 Å². The van der Waals surface area contributed by atoms with E-state index in [4.69, 9.17) is 0 Å². The molecular formula is C16H29N3. The largest absolute Gasteiger partial charge is 0.314 e. The van der Waals surface area contributed by atoms with Crippen LogP contribution >= 0.6 is 0 Å². The van der Waals surface area contributed by atoms with Crippen molar-refractivity contribution in [2.45, 2.75) is 63.1 Å². The highest BCUT2D eigenvalue weighted by molar-refractivity contribution is 4.98. The van der Waals surface area contributed by atoms with Gasteiger partial charge in [0.05, 0.1) is 0 Å². The SMILES string of the molecule is C1CNC(C2CCN(C3CCN4CCCC34)CC2)C1. The standard InChI is InChI=1S/C16H29N3/c1-3-14(17-8-1)13-5-10-19(11-6-13)16-7-12-18-9-2-4-15(16)18/h13-17H,1-12H2. The van der Waals surface area contributed by atoms with E-state index in [-0.39, 0.29) is 0 Å². The van der Waals surface area contributed by atoms with Crippen LogP contribution in [0, 0.1) is 5.92 Å². The summed E-state index contributed by atoms with van der Waals surface area (Å²) in [6.07, 6.45) is 10.1. The summed E-state index contributed by atoms with van der Waals surface area (Å²) in [5, 5.41) is 3.72. The van der Waals surface area contributed by atoms with Crippen LogP contribution in [0.25, 0.3) is 0 Å². The number of hydrogen-bond donors (Lipinski definition) is 1. The number of nitrogens with zero attached hydrogens (tertiary/aromatic N) is 2. The van der Waals surface area contributed by atoms with Crippen molar-refractivity contribution in [3.05, 3.63) is 0 Å². The zero-order valence-electron chi connectivity index (χ0n) is 12.2. The van der Waals surface area contributed by atoms with Gasteiger partial charge in [-0.2, -0.15) is 0 Å².